The third-order valence-electron chi connectivity index (χ3n) is 4.29. The first kappa shape index (κ1) is 18.8. The molecule has 0 saturated heterocycles. The highest BCUT2D eigenvalue weighted by Crippen LogP contribution is 2.25. The number of hydrogen-bond acceptors (Lipinski definition) is 3. The second-order valence-electron chi connectivity index (χ2n) is 7.47. The maximum atomic E-state index is 13.8. The number of aryl methyl sites for hydroxylation is 1. The predicted octanol–water partition coefficient (Wildman–Crippen LogP) is 5.35. The molecular weight excluding hydrogens is 343 g/mol. The minimum atomic E-state index is -0.364. The number of benzene rings is 2. The van der Waals surface area contributed by atoms with E-state index in [0.717, 1.165) is 5.69 Å². The minimum absolute atomic E-state index is 0.0728. The van der Waals surface area contributed by atoms with Gasteiger partial charge < -0.3 is 9.73 Å². The van der Waals surface area contributed by atoms with Gasteiger partial charge in [0.2, 0.25) is 5.91 Å². The van der Waals surface area contributed by atoms with Crippen molar-refractivity contribution in [1.29, 1.82) is 0 Å². The fourth-order valence-electron chi connectivity index (χ4n) is 2.71. The second-order valence-corrected chi connectivity index (χ2v) is 7.47. The van der Waals surface area contributed by atoms with E-state index in [4.69, 9.17) is 4.42 Å². The van der Waals surface area contributed by atoms with Crippen molar-refractivity contribution in [3.05, 3.63) is 72.0 Å². The van der Waals surface area contributed by atoms with Gasteiger partial charge in [0.05, 0.1) is 11.8 Å². The molecule has 3 rings (SSSR count). The lowest BCUT2D eigenvalue weighted by atomic mass is 9.87. The Balaban J connectivity index is 1.56. The van der Waals surface area contributed by atoms with Crippen molar-refractivity contribution in [2.45, 2.75) is 39.0 Å². The van der Waals surface area contributed by atoms with Crippen LogP contribution < -0.4 is 5.32 Å². The van der Waals surface area contributed by atoms with Gasteiger partial charge in [-0.15, -0.1) is 0 Å². The molecule has 2 aromatic carbocycles. The molecule has 1 amide bonds. The van der Waals surface area contributed by atoms with Gasteiger partial charge in [0.1, 0.15) is 5.82 Å². The first-order chi connectivity index (χ1) is 12.8. The van der Waals surface area contributed by atoms with Crippen LogP contribution in [0.25, 0.3) is 11.3 Å². The van der Waals surface area contributed by atoms with Crippen molar-refractivity contribution >= 4 is 11.6 Å². The fraction of sp³-hybridized carbons (Fsp3) is 0.273. The minimum Gasteiger partial charge on any atom is -0.441 e. The molecule has 1 N–H and O–H groups in total. The molecule has 0 unspecified atom stereocenters. The molecule has 0 aliphatic rings. The summed E-state index contributed by atoms with van der Waals surface area (Å²) < 4.78 is 19.4. The second kappa shape index (κ2) is 7.74. The average Bonchev–Trinajstić information content (AvgIpc) is 3.09. The molecule has 0 spiro atoms. The molecule has 27 heavy (non-hydrogen) atoms. The van der Waals surface area contributed by atoms with Crippen LogP contribution in [-0.2, 0) is 16.6 Å². The molecule has 0 bridgehead atoms. The Labute approximate surface area is 158 Å². The van der Waals surface area contributed by atoms with Gasteiger partial charge in [-0.3, -0.25) is 4.79 Å². The largest absolute Gasteiger partial charge is 0.441 e. The Morgan fingerprint density at radius 1 is 1.11 bits per heavy atom. The third kappa shape index (κ3) is 4.82. The molecule has 0 atom stereocenters. The van der Waals surface area contributed by atoms with E-state index in [0.29, 0.717) is 23.6 Å². The van der Waals surface area contributed by atoms with E-state index < -0.39 is 0 Å². The van der Waals surface area contributed by atoms with Crippen LogP contribution in [0, 0.1) is 5.82 Å². The molecule has 1 aromatic heterocycles. The lowest BCUT2D eigenvalue weighted by molar-refractivity contribution is -0.116. The SMILES string of the molecule is CC(C)(C)c1ccc(NC(=O)CCc2ncc(-c3ccccc3F)o2)cc1. The molecule has 4 nitrogen and oxygen atoms in total. The van der Waals surface area contributed by atoms with Crippen LogP contribution in [0.1, 0.15) is 38.6 Å². The number of carbonyl (C=O) groups is 1. The summed E-state index contributed by atoms with van der Waals surface area (Å²) in [6, 6.07) is 14.2. The summed E-state index contributed by atoms with van der Waals surface area (Å²) in [7, 11) is 0. The molecular formula is C22H23FN2O2. The summed E-state index contributed by atoms with van der Waals surface area (Å²) in [5.74, 6) is 0.286. The van der Waals surface area contributed by atoms with Crippen molar-refractivity contribution in [3.63, 3.8) is 0 Å². The van der Waals surface area contributed by atoms with Crippen LogP contribution in [0.5, 0.6) is 0 Å². The van der Waals surface area contributed by atoms with Crippen LogP contribution in [0.4, 0.5) is 10.1 Å². The van der Waals surface area contributed by atoms with Gasteiger partial charge in [-0.05, 0) is 35.2 Å². The lowest BCUT2D eigenvalue weighted by Crippen LogP contribution is -2.14. The number of aromatic nitrogens is 1. The average molecular weight is 366 g/mol. The van der Waals surface area contributed by atoms with E-state index >= 15 is 0 Å². The third-order valence-corrected chi connectivity index (χ3v) is 4.29. The maximum Gasteiger partial charge on any atom is 0.224 e. The normalized spacial score (nSPS) is 11.4. The molecule has 0 radical (unpaired) electrons. The van der Waals surface area contributed by atoms with Crippen LogP contribution >= 0.6 is 0 Å². The van der Waals surface area contributed by atoms with Crippen LogP contribution in [0.2, 0.25) is 0 Å². The molecule has 0 fully saturated rings. The molecule has 5 heteroatoms. The topological polar surface area (TPSA) is 55.1 Å². The Hall–Kier alpha value is -2.95. The summed E-state index contributed by atoms with van der Waals surface area (Å²) in [4.78, 5) is 16.3. The molecule has 1 heterocycles. The monoisotopic (exact) mass is 366 g/mol. The van der Waals surface area contributed by atoms with E-state index in [-0.39, 0.29) is 23.6 Å². The first-order valence-electron chi connectivity index (χ1n) is 8.93. The van der Waals surface area contributed by atoms with E-state index in [1.807, 2.05) is 24.3 Å². The maximum absolute atomic E-state index is 13.8. The zero-order valence-corrected chi connectivity index (χ0v) is 15.8. The van der Waals surface area contributed by atoms with Gasteiger partial charge in [-0.1, -0.05) is 45.0 Å². The van der Waals surface area contributed by atoms with E-state index in [1.54, 1.807) is 18.2 Å². The van der Waals surface area contributed by atoms with Gasteiger partial charge in [0.25, 0.3) is 0 Å². The van der Waals surface area contributed by atoms with Gasteiger partial charge in [0, 0.05) is 18.5 Å². The number of nitrogens with zero attached hydrogens (tertiary/aromatic N) is 1. The van der Waals surface area contributed by atoms with E-state index in [2.05, 4.69) is 31.1 Å². The predicted molar refractivity (Wildman–Crippen MR) is 104 cm³/mol. The summed E-state index contributed by atoms with van der Waals surface area (Å²) in [6.07, 6.45) is 2.06. The molecule has 0 aliphatic carbocycles. The lowest BCUT2D eigenvalue weighted by Gasteiger charge is -2.19. The smallest absolute Gasteiger partial charge is 0.224 e. The molecule has 140 valence electrons. The fourth-order valence-corrected chi connectivity index (χ4v) is 2.71. The summed E-state index contributed by atoms with van der Waals surface area (Å²) in [5, 5.41) is 2.87. The number of oxazole rings is 1. The number of nitrogens with one attached hydrogen (secondary N) is 1. The number of carbonyl (C=O) groups excluding carboxylic acids is 1. The van der Waals surface area contributed by atoms with Gasteiger partial charge in [-0.25, -0.2) is 9.37 Å². The summed E-state index contributed by atoms with van der Waals surface area (Å²) in [6.45, 7) is 6.44. The van der Waals surface area contributed by atoms with Crippen molar-refractivity contribution in [2.24, 2.45) is 0 Å². The Morgan fingerprint density at radius 3 is 2.48 bits per heavy atom. The number of anilines is 1. The van der Waals surface area contributed by atoms with Gasteiger partial charge >= 0.3 is 0 Å². The number of hydrogen-bond donors (Lipinski definition) is 1. The first-order valence-corrected chi connectivity index (χ1v) is 8.93. The van der Waals surface area contributed by atoms with Gasteiger partial charge in [-0.2, -0.15) is 0 Å². The van der Waals surface area contributed by atoms with Crippen molar-refractivity contribution in [1.82, 2.24) is 4.98 Å². The molecule has 0 aliphatic heterocycles. The highest BCUT2D eigenvalue weighted by Gasteiger charge is 2.14. The number of rotatable bonds is 5. The Bertz CT molecular complexity index is 924. The van der Waals surface area contributed by atoms with Crippen molar-refractivity contribution in [3.8, 4) is 11.3 Å². The highest BCUT2D eigenvalue weighted by molar-refractivity contribution is 5.90. The molecule has 3 aromatic rings. The van der Waals surface area contributed by atoms with Crippen LogP contribution in [-0.4, -0.2) is 10.9 Å². The molecule has 0 saturated carbocycles. The van der Waals surface area contributed by atoms with Crippen LogP contribution in [0.15, 0.2) is 59.1 Å². The quantitative estimate of drug-likeness (QED) is 0.662. The van der Waals surface area contributed by atoms with Crippen LogP contribution in [0.3, 0.4) is 0 Å². The number of halogens is 1. The summed E-state index contributed by atoms with van der Waals surface area (Å²) >= 11 is 0. The zero-order valence-electron chi connectivity index (χ0n) is 15.8. The highest BCUT2D eigenvalue weighted by atomic mass is 19.1. The van der Waals surface area contributed by atoms with Crippen molar-refractivity contribution < 1.29 is 13.6 Å². The standard InChI is InChI=1S/C22H23FN2O2/c1-22(2,3)15-8-10-16(11-9-15)25-20(26)12-13-21-24-14-19(27-21)17-6-4-5-7-18(17)23/h4-11,14H,12-13H2,1-3H3,(H,25,26). The zero-order chi connectivity index (χ0) is 19.4. The van der Waals surface area contributed by atoms with E-state index in [1.165, 1.54) is 17.8 Å². The Kier molecular flexibility index (Phi) is 5.40. The number of amides is 1. The van der Waals surface area contributed by atoms with Crippen molar-refractivity contribution in [2.75, 3.05) is 5.32 Å². The Morgan fingerprint density at radius 2 is 1.81 bits per heavy atom. The van der Waals surface area contributed by atoms with Gasteiger partial charge in [0.15, 0.2) is 11.7 Å². The summed E-state index contributed by atoms with van der Waals surface area (Å²) in [5.41, 5.74) is 2.40. The van der Waals surface area contributed by atoms with E-state index in [9.17, 15) is 9.18 Å².